The molecule has 6 nitrogen and oxygen atoms in total. The van der Waals surface area contributed by atoms with Gasteiger partial charge < -0.3 is 9.64 Å². The van der Waals surface area contributed by atoms with Gasteiger partial charge in [0.25, 0.3) is 5.91 Å². The third-order valence-corrected chi connectivity index (χ3v) is 4.01. The Balaban J connectivity index is 1.85. The van der Waals surface area contributed by atoms with E-state index >= 15 is 0 Å². The molecule has 21 heavy (non-hydrogen) atoms. The highest BCUT2D eigenvalue weighted by atomic mass is 16.5. The van der Waals surface area contributed by atoms with E-state index in [1.165, 1.54) is 0 Å². The summed E-state index contributed by atoms with van der Waals surface area (Å²) in [7, 11) is 1.59. The molecule has 3 amide bonds. The summed E-state index contributed by atoms with van der Waals surface area (Å²) in [5, 5.41) is 2.30. The highest BCUT2D eigenvalue weighted by Gasteiger charge is 2.37. The number of ether oxygens (including phenoxy) is 1. The standard InChI is InChI=1S/C15H16N2O4/c1-21-10-2-3-11-9(8-10)6-7-17(15(11)20)12-4-5-13(18)16-14(12)19/h2-3,8,12H,4-7H2,1H3,(H,16,18,19). The van der Waals surface area contributed by atoms with Crippen molar-refractivity contribution < 1.29 is 19.1 Å². The predicted molar refractivity (Wildman–Crippen MR) is 73.9 cm³/mol. The first-order chi connectivity index (χ1) is 10.1. The van der Waals surface area contributed by atoms with E-state index in [1.807, 2.05) is 6.07 Å². The molecule has 2 aliphatic heterocycles. The molecule has 1 N–H and O–H groups in total. The predicted octanol–water partition coefficient (Wildman–Crippen LogP) is 0.499. The summed E-state index contributed by atoms with van der Waals surface area (Å²) in [5.41, 5.74) is 1.54. The molecule has 1 aromatic rings. The molecule has 2 aliphatic rings. The summed E-state index contributed by atoms with van der Waals surface area (Å²) in [6, 6.07) is 4.78. The first kappa shape index (κ1) is 13.6. The molecule has 0 saturated carbocycles. The van der Waals surface area contributed by atoms with E-state index in [0.29, 0.717) is 24.9 Å². The molecule has 1 unspecified atom stereocenters. The van der Waals surface area contributed by atoms with Crippen molar-refractivity contribution in [1.82, 2.24) is 10.2 Å². The zero-order valence-corrected chi connectivity index (χ0v) is 11.7. The van der Waals surface area contributed by atoms with Crippen molar-refractivity contribution in [3.63, 3.8) is 0 Å². The minimum Gasteiger partial charge on any atom is -0.497 e. The molecular weight excluding hydrogens is 272 g/mol. The molecule has 6 heteroatoms. The van der Waals surface area contributed by atoms with Crippen LogP contribution in [0.3, 0.4) is 0 Å². The fraction of sp³-hybridized carbons (Fsp3) is 0.400. The minimum absolute atomic E-state index is 0.159. The Bertz CT molecular complexity index is 626. The normalized spacial score (nSPS) is 21.9. The van der Waals surface area contributed by atoms with Crippen molar-refractivity contribution in [2.24, 2.45) is 0 Å². The molecule has 1 aromatic carbocycles. The van der Waals surface area contributed by atoms with Crippen molar-refractivity contribution in [3.05, 3.63) is 29.3 Å². The van der Waals surface area contributed by atoms with Crippen LogP contribution in [-0.4, -0.2) is 42.3 Å². The Kier molecular flexibility index (Phi) is 3.37. The summed E-state index contributed by atoms with van der Waals surface area (Å²) < 4.78 is 5.16. The monoisotopic (exact) mass is 288 g/mol. The van der Waals surface area contributed by atoms with Crippen molar-refractivity contribution in [2.45, 2.75) is 25.3 Å². The number of imide groups is 1. The molecule has 0 bridgehead atoms. The Labute approximate surface area is 122 Å². The van der Waals surface area contributed by atoms with E-state index in [0.717, 1.165) is 11.3 Å². The van der Waals surface area contributed by atoms with E-state index in [4.69, 9.17) is 4.74 Å². The third-order valence-electron chi connectivity index (χ3n) is 4.01. The number of rotatable bonds is 2. The van der Waals surface area contributed by atoms with Gasteiger partial charge in [-0.2, -0.15) is 0 Å². The molecule has 2 heterocycles. The second-order valence-electron chi connectivity index (χ2n) is 5.24. The SMILES string of the molecule is COc1ccc2c(c1)CCN(C1CCC(=O)NC1=O)C2=O. The molecule has 1 saturated heterocycles. The highest BCUT2D eigenvalue weighted by molar-refractivity contribution is 6.04. The topological polar surface area (TPSA) is 75.7 Å². The average Bonchev–Trinajstić information content (AvgIpc) is 2.48. The van der Waals surface area contributed by atoms with Gasteiger partial charge in [0, 0.05) is 18.5 Å². The van der Waals surface area contributed by atoms with E-state index < -0.39 is 6.04 Å². The summed E-state index contributed by atoms with van der Waals surface area (Å²) in [6.07, 6.45) is 1.34. The molecule has 3 rings (SSSR count). The molecule has 1 fully saturated rings. The van der Waals surface area contributed by atoms with Crippen LogP contribution in [0, 0.1) is 0 Å². The maximum atomic E-state index is 12.6. The van der Waals surface area contributed by atoms with Gasteiger partial charge in [0.2, 0.25) is 11.8 Å². The number of hydrogen-bond donors (Lipinski definition) is 1. The van der Waals surface area contributed by atoms with Crippen LogP contribution in [0.25, 0.3) is 0 Å². The molecule has 1 atom stereocenters. The second-order valence-corrected chi connectivity index (χ2v) is 5.24. The van der Waals surface area contributed by atoms with Crippen LogP contribution in [0.5, 0.6) is 5.75 Å². The van der Waals surface area contributed by atoms with Gasteiger partial charge in [0.05, 0.1) is 7.11 Å². The average molecular weight is 288 g/mol. The highest BCUT2D eigenvalue weighted by Crippen LogP contribution is 2.26. The van der Waals surface area contributed by atoms with Crippen LogP contribution in [0.4, 0.5) is 0 Å². The minimum atomic E-state index is -0.551. The van der Waals surface area contributed by atoms with E-state index in [2.05, 4.69) is 5.32 Å². The maximum Gasteiger partial charge on any atom is 0.254 e. The molecule has 110 valence electrons. The molecular formula is C15H16N2O4. The van der Waals surface area contributed by atoms with Gasteiger partial charge in [-0.05, 0) is 36.6 Å². The maximum absolute atomic E-state index is 12.6. The largest absolute Gasteiger partial charge is 0.497 e. The van der Waals surface area contributed by atoms with Gasteiger partial charge >= 0.3 is 0 Å². The smallest absolute Gasteiger partial charge is 0.254 e. The van der Waals surface area contributed by atoms with Crippen LogP contribution in [-0.2, 0) is 16.0 Å². The first-order valence-electron chi connectivity index (χ1n) is 6.91. The Morgan fingerprint density at radius 1 is 1.24 bits per heavy atom. The Morgan fingerprint density at radius 3 is 2.76 bits per heavy atom. The third kappa shape index (κ3) is 2.37. The molecule has 0 aromatic heterocycles. The number of methoxy groups -OCH3 is 1. The van der Waals surface area contributed by atoms with E-state index in [1.54, 1.807) is 24.1 Å². The van der Waals surface area contributed by atoms with Gasteiger partial charge in [-0.25, -0.2) is 0 Å². The summed E-state index contributed by atoms with van der Waals surface area (Å²) >= 11 is 0. The van der Waals surface area contributed by atoms with Crippen LogP contribution in [0.1, 0.15) is 28.8 Å². The lowest BCUT2D eigenvalue weighted by Gasteiger charge is -2.36. The van der Waals surface area contributed by atoms with Crippen molar-refractivity contribution in [2.75, 3.05) is 13.7 Å². The lowest BCUT2D eigenvalue weighted by atomic mass is 9.95. The fourth-order valence-electron chi connectivity index (χ4n) is 2.89. The van der Waals surface area contributed by atoms with Gasteiger partial charge in [0.1, 0.15) is 11.8 Å². The number of piperidine rings is 1. The Hall–Kier alpha value is -2.37. The van der Waals surface area contributed by atoms with Crippen LogP contribution >= 0.6 is 0 Å². The van der Waals surface area contributed by atoms with Crippen molar-refractivity contribution >= 4 is 17.7 Å². The number of nitrogens with zero attached hydrogens (tertiary/aromatic N) is 1. The van der Waals surface area contributed by atoms with Gasteiger partial charge in [-0.1, -0.05) is 0 Å². The zero-order chi connectivity index (χ0) is 15.0. The number of carbonyl (C=O) groups is 3. The van der Waals surface area contributed by atoms with Gasteiger partial charge in [-0.3, -0.25) is 19.7 Å². The number of carbonyl (C=O) groups excluding carboxylic acids is 3. The number of fused-ring (bicyclic) bond motifs is 1. The number of amides is 3. The number of nitrogens with one attached hydrogen (secondary N) is 1. The lowest BCUT2D eigenvalue weighted by molar-refractivity contribution is -0.136. The molecule has 0 radical (unpaired) electrons. The van der Waals surface area contributed by atoms with Crippen LogP contribution in [0.15, 0.2) is 18.2 Å². The van der Waals surface area contributed by atoms with Gasteiger partial charge in [0.15, 0.2) is 0 Å². The number of hydrogen-bond acceptors (Lipinski definition) is 4. The van der Waals surface area contributed by atoms with E-state index in [-0.39, 0.29) is 24.1 Å². The lowest BCUT2D eigenvalue weighted by Crippen LogP contribution is -2.55. The second kappa shape index (κ2) is 5.20. The quantitative estimate of drug-likeness (QED) is 0.804. The summed E-state index contributed by atoms with van der Waals surface area (Å²) in [5.74, 6) is -0.0909. The molecule has 0 spiro atoms. The van der Waals surface area contributed by atoms with Crippen molar-refractivity contribution in [3.8, 4) is 5.75 Å². The fourth-order valence-corrected chi connectivity index (χ4v) is 2.89. The first-order valence-corrected chi connectivity index (χ1v) is 6.91. The summed E-state index contributed by atoms with van der Waals surface area (Å²) in [6.45, 7) is 0.477. The van der Waals surface area contributed by atoms with Gasteiger partial charge in [-0.15, -0.1) is 0 Å². The summed E-state index contributed by atoms with van der Waals surface area (Å²) in [4.78, 5) is 37.2. The van der Waals surface area contributed by atoms with Crippen molar-refractivity contribution in [1.29, 1.82) is 0 Å². The number of benzene rings is 1. The van der Waals surface area contributed by atoms with E-state index in [9.17, 15) is 14.4 Å². The Morgan fingerprint density at radius 2 is 2.05 bits per heavy atom. The zero-order valence-electron chi connectivity index (χ0n) is 11.7. The van der Waals surface area contributed by atoms with Crippen LogP contribution in [0.2, 0.25) is 0 Å². The molecule has 0 aliphatic carbocycles. The van der Waals surface area contributed by atoms with Crippen LogP contribution < -0.4 is 10.1 Å².